The van der Waals surface area contributed by atoms with E-state index in [9.17, 15) is 14.4 Å². The lowest BCUT2D eigenvalue weighted by molar-refractivity contribution is -0.156. The minimum absolute atomic E-state index is 0.0308. The fourth-order valence-electron chi connectivity index (χ4n) is 3.53. The number of amides is 2. The first-order chi connectivity index (χ1) is 13.0. The van der Waals surface area contributed by atoms with Gasteiger partial charge in [0.2, 0.25) is 12.7 Å². The average molecular weight is 392 g/mol. The number of rotatable bonds is 5. The van der Waals surface area contributed by atoms with Crippen molar-refractivity contribution in [2.45, 2.75) is 37.2 Å². The smallest absolute Gasteiger partial charge is 0.330 e. The van der Waals surface area contributed by atoms with Crippen LogP contribution in [0.3, 0.4) is 0 Å². The molecular formula is C18H20N2O6S. The molecule has 0 bridgehead atoms. The second kappa shape index (κ2) is 6.95. The van der Waals surface area contributed by atoms with Crippen molar-refractivity contribution in [3.05, 3.63) is 23.8 Å². The summed E-state index contributed by atoms with van der Waals surface area (Å²) in [5.74, 6) is 0.862. The van der Waals surface area contributed by atoms with Crippen LogP contribution in [0.5, 0.6) is 11.5 Å². The van der Waals surface area contributed by atoms with Crippen molar-refractivity contribution in [2.24, 2.45) is 0 Å². The fourth-order valence-corrected chi connectivity index (χ4v) is 4.95. The van der Waals surface area contributed by atoms with Gasteiger partial charge in [-0.2, -0.15) is 0 Å². The van der Waals surface area contributed by atoms with Crippen LogP contribution in [-0.4, -0.2) is 52.7 Å². The van der Waals surface area contributed by atoms with E-state index in [4.69, 9.17) is 14.2 Å². The number of nitrogens with one attached hydrogen (secondary N) is 1. The Labute approximate surface area is 160 Å². The predicted octanol–water partition coefficient (Wildman–Crippen LogP) is 1.03. The Morgan fingerprint density at radius 2 is 2.19 bits per heavy atom. The first-order valence-electron chi connectivity index (χ1n) is 8.74. The van der Waals surface area contributed by atoms with Crippen LogP contribution in [0.25, 0.3) is 0 Å². The molecule has 1 N–H and O–H groups in total. The van der Waals surface area contributed by atoms with Gasteiger partial charge in [0.15, 0.2) is 18.1 Å². The van der Waals surface area contributed by atoms with Gasteiger partial charge < -0.3 is 24.4 Å². The second-order valence-corrected chi connectivity index (χ2v) is 8.34. The van der Waals surface area contributed by atoms with Gasteiger partial charge in [0, 0.05) is 18.7 Å². The largest absolute Gasteiger partial charge is 0.454 e. The molecule has 0 spiro atoms. The van der Waals surface area contributed by atoms with Gasteiger partial charge in [-0.15, -0.1) is 11.8 Å². The number of carbonyl (C=O) groups is 3. The molecule has 8 nitrogen and oxygen atoms in total. The highest BCUT2D eigenvalue weighted by molar-refractivity contribution is 8.01. The molecule has 3 heterocycles. The van der Waals surface area contributed by atoms with E-state index in [1.807, 2.05) is 13.0 Å². The number of hydrogen-bond donors (Lipinski definition) is 1. The summed E-state index contributed by atoms with van der Waals surface area (Å²) < 4.78 is 15.7. The fraction of sp³-hybridized carbons (Fsp3) is 0.500. The molecule has 3 aliphatic rings. The molecular weight excluding hydrogens is 372 g/mol. The van der Waals surface area contributed by atoms with Crippen LogP contribution in [0.4, 0.5) is 0 Å². The van der Waals surface area contributed by atoms with Gasteiger partial charge in [-0.1, -0.05) is 6.07 Å². The molecule has 0 aliphatic carbocycles. The van der Waals surface area contributed by atoms with Crippen LogP contribution in [0.1, 0.15) is 25.3 Å². The van der Waals surface area contributed by atoms with Gasteiger partial charge in [-0.25, -0.2) is 4.79 Å². The molecule has 0 unspecified atom stereocenters. The van der Waals surface area contributed by atoms with Crippen molar-refractivity contribution >= 4 is 29.5 Å². The maximum atomic E-state index is 12.3. The van der Waals surface area contributed by atoms with Gasteiger partial charge in [0.05, 0.1) is 4.87 Å². The first-order valence-corrected chi connectivity index (χ1v) is 9.73. The highest BCUT2D eigenvalue weighted by Crippen LogP contribution is 2.47. The molecule has 1 aromatic rings. The van der Waals surface area contributed by atoms with Gasteiger partial charge in [0.1, 0.15) is 6.04 Å². The lowest BCUT2D eigenvalue weighted by Crippen LogP contribution is -2.47. The average Bonchev–Trinajstić information content (AvgIpc) is 3.33. The van der Waals surface area contributed by atoms with Crippen LogP contribution < -0.4 is 14.8 Å². The summed E-state index contributed by atoms with van der Waals surface area (Å²) in [6.07, 6.45) is 1.18. The SMILES string of the molecule is C[C@@]12CCC(=O)N1[C@H](C(=O)OCC(=O)NCc1ccc3c(c1)OCO3)CS2. The normalized spacial score (nSPS) is 25.4. The van der Waals surface area contributed by atoms with E-state index in [2.05, 4.69) is 5.32 Å². The molecule has 2 saturated heterocycles. The second-order valence-electron chi connectivity index (χ2n) is 6.84. The molecule has 2 fully saturated rings. The van der Waals surface area contributed by atoms with Gasteiger partial charge in [-0.05, 0) is 31.0 Å². The molecule has 3 aliphatic heterocycles. The summed E-state index contributed by atoms with van der Waals surface area (Å²) in [4.78, 5) is 37.7. The Balaban J connectivity index is 1.26. The maximum Gasteiger partial charge on any atom is 0.330 e. The molecule has 1 aromatic carbocycles. The number of ether oxygens (including phenoxy) is 3. The zero-order valence-corrected chi connectivity index (χ0v) is 15.7. The highest BCUT2D eigenvalue weighted by atomic mass is 32.2. The monoisotopic (exact) mass is 392 g/mol. The van der Waals surface area contributed by atoms with E-state index < -0.39 is 17.9 Å². The first kappa shape index (κ1) is 18.0. The minimum atomic E-state index is -0.614. The van der Waals surface area contributed by atoms with Crippen LogP contribution in [-0.2, 0) is 25.7 Å². The van der Waals surface area contributed by atoms with Gasteiger partial charge in [-0.3, -0.25) is 9.59 Å². The Bertz CT molecular complexity index is 800. The molecule has 27 heavy (non-hydrogen) atoms. The van der Waals surface area contributed by atoms with Crippen LogP contribution >= 0.6 is 11.8 Å². The number of fused-ring (bicyclic) bond motifs is 2. The number of esters is 1. The summed E-state index contributed by atoms with van der Waals surface area (Å²) in [7, 11) is 0. The zero-order valence-electron chi connectivity index (χ0n) is 14.9. The Morgan fingerprint density at radius 1 is 1.37 bits per heavy atom. The predicted molar refractivity (Wildman–Crippen MR) is 96.1 cm³/mol. The van der Waals surface area contributed by atoms with E-state index in [1.165, 1.54) is 0 Å². The number of nitrogens with zero attached hydrogens (tertiary/aromatic N) is 1. The maximum absolute atomic E-state index is 12.3. The molecule has 9 heteroatoms. The van der Waals surface area contributed by atoms with Crippen molar-refractivity contribution in [3.8, 4) is 11.5 Å². The van der Waals surface area contributed by atoms with Crippen molar-refractivity contribution < 1.29 is 28.6 Å². The van der Waals surface area contributed by atoms with E-state index in [0.717, 1.165) is 12.0 Å². The van der Waals surface area contributed by atoms with Gasteiger partial charge in [0.25, 0.3) is 5.91 Å². The third-order valence-corrected chi connectivity index (χ3v) is 6.49. The summed E-state index contributed by atoms with van der Waals surface area (Å²) in [6, 6.07) is 4.79. The summed E-state index contributed by atoms with van der Waals surface area (Å²) in [5.41, 5.74) is 0.851. The highest BCUT2D eigenvalue weighted by Gasteiger charge is 2.53. The molecule has 144 valence electrons. The zero-order chi connectivity index (χ0) is 19.0. The Kier molecular flexibility index (Phi) is 4.63. The summed E-state index contributed by atoms with van der Waals surface area (Å²) in [6.45, 7) is 2.07. The van der Waals surface area contributed by atoms with E-state index in [1.54, 1.807) is 28.8 Å². The third kappa shape index (κ3) is 3.43. The molecule has 0 saturated carbocycles. The van der Waals surface area contributed by atoms with Crippen molar-refractivity contribution in [3.63, 3.8) is 0 Å². The van der Waals surface area contributed by atoms with Crippen molar-refractivity contribution in [1.29, 1.82) is 0 Å². The van der Waals surface area contributed by atoms with Crippen molar-refractivity contribution in [1.82, 2.24) is 10.2 Å². The lowest BCUT2D eigenvalue weighted by atomic mass is 10.2. The lowest BCUT2D eigenvalue weighted by Gasteiger charge is -2.29. The number of thioether (sulfide) groups is 1. The molecule has 4 rings (SSSR count). The van der Waals surface area contributed by atoms with E-state index >= 15 is 0 Å². The summed E-state index contributed by atoms with van der Waals surface area (Å²) in [5, 5.41) is 2.70. The van der Waals surface area contributed by atoms with E-state index in [0.29, 0.717) is 23.7 Å². The van der Waals surface area contributed by atoms with Crippen LogP contribution in [0.15, 0.2) is 18.2 Å². The number of carbonyl (C=O) groups excluding carboxylic acids is 3. The number of hydrogen-bond acceptors (Lipinski definition) is 7. The number of benzene rings is 1. The standard InChI is InChI=1S/C18H20N2O6S/c1-18-5-4-16(22)20(18)12(9-27-18)17(23)24-8-15(21)19-7-11-2-3-13-14(6-11)26-10-25-13/h2-3,6,12H,4-5,7-10H2,1H3,(H,19,21)/t12-,18+/m0/s1. The molecule has 0 radical (unpaired) electrons. The molecule has 2 atom stereocenters. The molecule has 2 amide bonds. The minimum Gasteiger partial charge on any atom is -0.454 e. The third-order valence-electron chi connectivity index (χ3n) is 4.99. The Hall–Kier alpha value is -2.42. The quantitative estimate of drug-likeness (QED) is 0.748. The van der Waals surface area contributed by atoms with Crippen LogP contribution in [0, 0.1) is 0 Å². The molecule has 0 aromatic heterocycles. The van der Waals surface area contributed by atoms with Crippen molar-refractivity contribution in [2.75, 3.05) is 19.2 Å². The van der Waals surface area contributed by atoms with Crippen LogP contribution in [0.2, 0.25) is 0 Å². The summed E-state index contributed by atoms with van der Waals surface area (Å²) >= 11 is 1.59. The topological polar surface area (TPSA) is 94.2 Å². The van der Waals surface area contributed by atoms with Gasteiger partial charge >= 0.3 is 5.97 Å². The Morgan fingerprint density at radius 3 is 3.04 bits per heavy atom. The van der Waals surface area contributed by atoms with E-state index in [-0.39, 0.29) is 30.7 Å².